The fourth-order valence-corrected chi connectivity index (χ4v) is 2.68. The minimum atomic E-state index is -0.641. The van der Waals surface area contributed by atoms with Gasteiger partial charge in [0, 0.05) is 5.02 Å². The maximum atomic E-state index is 12.0. The highest BCUT2D eigenvalue weighted by molar-refractivity contribution is 6.31. The van der Waals surface area contributed by atoms with E-state index >= 15 is 0 Å². The number of anilines is 1. The average Bonchev–Trinajstić information content (AvgIpc) is 2.67. The van der Waals surface area contributed by atoms with Crippen LogP contribution in [0.2, 0.25) is 5.02 Å². The molecule has 0 fully saturated rings. The molecule has 0 saturated heterocycles. The molecule has 0 saturated carbocycles. The van der Waals surface area contributed by atoms with Gasteiger partial charge in [-0.25, -0.2) is 4.79 Å². The summed E-state index contributed by atoms with van der Waals surface area (Å²) in [5.41, 5.74) is 2.25. The Morgan fingerprint density at radius 3 is 2.50 bits per heavy atom. The Hall–Kier alpha value is -2.73. The van der Waals surface area contributed by atoms with E-state index in [1.165, 1.54) is 7.11 Å². The van der Waals surface area contributed by atoms with E-state index in [0.29, 0.717) is 22.2 Å². The van der Waals surface area contributed by atoms with E-state index in [0.717, 1.165) is 11.1 Å². The maximum absolute atomic E-state index is 12.0. The van der Waals surface area contributed by atoms with Crippen molar-refractivity contribution in [2.45, 2.75) is 26.7 Å². The maximum Gasteiger partial charge on any atom is 0.344 e. The third-order valence-electron chi connectivity index (χ3n) is 4.00. The van der Waals surface area contributed by atoms with Crippen molar-refractivity contribution in [2.24, 2.45) is 0 Å². The second kappa shape index (κ2) is 9.99. The smallest absolute Gasteiger partial charge is 0.344 e. The van der Waals surface area contributed by atoms with E-state index in [9.17, 15) is 9.59 Å². The van der Waals surface area contributed by atoms with Crippen LogP contribution >= 0.6 is 11.6 Å². The summed E-state index contributed by atoms with van der Waals surface area (Å²) < 4.78 is 15.7. The van der Waals surface area contributed by atoms with Gasteiger partial charge in [-0.05, 0) is 48.2 Å². The molecule has 1 N–H and O–H groups in total. The number of nitrogens with one attached hydrogen (secondary N) is 1. The number of halogens is 1. The van der Waals surface area contributed by atoms with Crippen LogP contribution < -0.4 is 14.8 Å². The topological polar surface area (TPSA) is 73.9 Å². The molecule has 28 heavy (non-hydrogen) atoms. The number of hydrogen-bond donors (Lipinski definition) is 1. The van der Waals surface area contributed by atoms with Crippen LogP contribution in [0.15, 0.2) is 36.4 Å². The fraction of sp³-hybridized carbons (Fsp3) is 0.333. The molecule has 0 aliphatic heterocycles. The minimum absolute atomic E-state index is 0.177. The molecule has 1 amide bonds. The number of benzene rings is 2. The summed E-state index contributed by atoms with van der Waals surface area (Å²) in [5, 5.41) is 3.28. The van der Waals surface area contributed by atoms with E-state index in [1.54, 1.807) is 30.3 Å². The number of esters is 1. The highest BCUT2D eigenvalue weighted by Crippen LogP contribution is 2.32. The third-order valence-corrected chi connectivity index (χ3v) is 4.41. The second-order valence-corrected chi connectivity index (χ2v) is 6.90. The predicted octanol–water partition coefficient (Wildman–Crippen LogP) is 4.34. The highest BCUT2D eigenvalue weighted by Gasteiger charge is 2.14. The summed E-state index contributed by atoms with van der Waals surface area (Å²) >= 11 is 6.16. The zero-order valence-corrected chi connectivity index (χ0v) is 17.1. The van der Waals surface area contributed by atoms with Crippen LogP contribution in [0.4, 0.5) is 5.69 Å². The molecule has 7 heteroatoms. The molecule has 0 heterocycles. The van der Waals surface area contributed by atoms with E-state index in [2.05, 4.69) is 5.32 Å². The van der Waals surface area contributed by atoms with Crippen LogP contribution in [0.1, 0.15) is 30.9 Å². The van der Waals surface area contributed by atoms with Crippen LogP contribution in [0.3, 0.4) is 0 Å². The van der Waals surface area contributed by atoms with Gasteiger partial charge >= 0.3 is 5.97 Å². The molecule has 2 aromatic rings. The first-order chi connectivity index (χ1) is 13.3. The Morgan fingerprint density at radius 2 is 1.82 bits per heavy atom. The lowest BCUT2D eigenvalue weighted by Gasteiger charge is -2.15. The van der Waals surface area contributed by atoms with Gasteiger partial charge in [-0.2, -0.15) is 0 Å². The molecular weight excluding hydrogens is 382 g/mol. The van der Waals surface area contributed by atoms with Crippen molar-refractivity contribution in [2.75, 3.05) is 25.6 Å². The Kier molecular flexibility index (Phi) is 7.70. The lowest BCUT2D eigenvalue weighted by molar-refractivity contribution is -0.149. The van der Waals surface area contributed by atoms with Crippen molar-refractivity contribution in [1.82, 2.24) is 0 Å². The molecule has 0 aromatic heterocycles. The van der Waals surface area contributed by atoms with E-state index in [4.69, 9.17) is 25.8 Å². The summed E-state index contributed by atoms with van der Waals surface area (Å²) in [4.78, 5) is 23.9. The van der Waals surface area contributed by atoms with Gasteiger partial charge in [0.05, 0.1) is 12.8 Å². The van der Waals surface area contributed by atoms with Crippen molar-refractivity contribution < 1.29 is 23.8 Å². The van der Waals surface area contributed by atoms with Crippen molar-refractivity contribution in [3.05, 3.63) is 52.5 Å². The van der Waals surface area contributed by atoms with Crippen LogP contribution in [-0.2, 0) is 14.3 Å². The molecule has 0 unspecified atom stereocenters. The van der Waals surface area contributed by atoms with Gasteiger partial charge in [0.25, 0.3) is 5.91 Å². The molecule has 6 nitrogen and oxygen atoms in total. The monoisotopic (exact) mass is 405 g/mol. The summed E-state index contributed by atoms with van der Waals surface area (Å²) in [6.07, 6.45) is 0. The van der Waals surface area contributed by atoms with E-state index in [1.807, 2.05) is 26.8 Å². The summed E-state index contributed by atoms with van der Waals surface area (Å²) in [7, 11) is 1.51. The summed E-state index contributed by atoms with van der Waals surface area (Å²) in [6.45, 7) is 5.15. The zero-order chi connectivity index (χ0) is 20.7. The molecule has 0 radical (unpaired) electrons. The first-order valence-electron chi connectivity index (χ1n) is 8.83. The molecule has 0 bridgehead atoms. The Labute approximate surface area is 169 Å². The number of carbonyl (C=O) groups excluding carboxylic acids is 2. The molecule has 0 aliphatic rings. The van der Waals surface area contributed by atoms with Crippen molar-refractivity contribution in [3.63, 3.8) is 0 Å². The van der Waals surface area contributed by atoms with Gasteiger partial charge < -0.3 is 19.5 Å². The van der Waals surface area contributed by atoms with E-state index < -0.39 is 18.5 Å². The van der Waals surface area contributed by atoms with Gasteiger partial charge in [-0.1, -0.05) is 37.6 Å². The molecule has 0 aliphatic carbocycles. The standard InChI is InChI=1S/C21H24ClNO5/c1-13(2)15-10-16(22)14(3)9-19(15)27-12-21(25)28-11-20(24)23-17-7-5-6-8-18(17)26-4/h5-10,13H,11-12H2,1-4H3,(H,23,24). The average molecular weight is 406 g/mol. The van der Waals surface area contributed by atoms with Gasteiger partial charge in [0.2, 0.25) is 0 Å². The van der Waals surface area contributed by atoms with Crippen LogP contribution in [-0.4, -0.2) is 32.2 Å². The number of rotatable bonds is 8. The van der Waals surface area contributed by atoms with Crippen LogP contribution in [0.5, 0.6) is 11.5 Å². The van der Waals surface area contributed by atoms with Crippen LogP contribution in [0, 0.1) is 6.92 Å². The number of carbonyl (C=O) groups is 2. The SMILES string of the molecule is COc1ccccc1NC(=O)COC(=O)COc1cc(C)c(Cl)cc1C(C)C. The lowest BCUT2D eigenvalue weighted by atomic mass is 10.0. The van der Waals surface area contributed by atoms with E-state index in [-0.39, 0.29) is 12.5 Å². The molecule has 0 atom stereocenters. The first-order valence-corrected chi connectivity index (χ1v) is 9.21. The van der Waals surface area contributed by atoms with Gasteiger partial charge in [-0.15, -0.1) is 0 Å². The lowest BCUT2D eigenvalue weighted by Crippen LogP contribution is -2.24. The number of para-hydroxylation sites is 2. The Bertz CT molecular complexity index is 851. The van der Waals surface area contributed by atoms with Gasteiger partial charge in [0.1, 0.15) is 11.5 Å². The molecule has 150 valence electrons. The highest BCUT2D eigenvalue weighted by atomic mass is 35.5. The largest absolute Gasteiger partial charge is 0.495 e. The number of hydrogen-bond acceptors (Lipinski definition) is 5. The van der Waals surface area contributed by atoms with Gasteiger partial charge in [-0.3, -0.25) is 4.79 Å². The molecule has 2 rings (SSSR count). The quantitative estimate of drug-likeness (QED) is 0.661. The zero-order valence-electron chi connectivity index (χ0n) is 16.4. The van der Waals surface area contributed by atoms with Crippen molar-refractivity contribution in [1.29, 1.82) is 0 Å². The van der Waals surface area contributed by atoms with Crippen molar-refractivity contribution in [3.8, 4) is 11.5 Å². The third kappa shape index (κ3) is 5.89. The molecule has 2 aromatic carbocycles. The second-order valence-electron chi connectivity index (χ2n) is 6.49. The number of methoxy groups -OCH3 is 1. The summed E-state index contributed by atoms with van der Waals surface area (Å²) in [5.74, 6) is 0.161. The number of aryl methyl sites for hydroxylation is 1. The van der Waals surface area contributed by atoms with Crippen molar-refractivity contribution >= 4 is 29.2 Å². The first kappa shape index (κ1) is 21.6. The Morgan fingerprint density at radius 1 is 1.11 bits per heavy atom. The predicted molar refractivity (Wildman–Crippen MR) is 108 cm³/mol. The fourth-order valence-electron chi connectivity index (χ4n) is 2.51. The summed E-state index contributed by atoms with van der Waals surface area (Å²) in [6, 6.07) is 10.6. The molecular formula is C21H24ClNO5. The molecule has 0 spiro atoms. The minimum Gasteiger partial charge on any atom is -0.495 e. The number of amides is 1. The van der Waals surface area contributed by atoms with Gasteiger partial charge in [0.15, 0.2) is 13.2 Å². The number of ether oxygens (including phenoxy) is 3. The van der Waals surface area contributed by atoms with Crippen LogP contribution in [0.25, 0.3) is 0 Å². The Balaban J connectivity index is 1.88. The normalized spacial score (nSPS) is 10.5.